The van der Waals surface area contributed by atoms with Crippen molar-refractivity contribution >= 4 is 11.9 Å². The molecule has 0 spiro atoms. The molecule has 0 radical (unpaired) electrons. The van der Waals surface area contributed by atoms with Gasteiger partial charge in [-0.15, -0.1) is 0 Å². The van der Waals surface area contributed by atoms with E-state index in [9.17, 15) is 9.59 Å². The number of aliphatic carboxylic acids is 1. The predicted octanol–water partition coefficient (Wildman–Crippen LogP) is 0.601. The third-order valence-corrected chi connectivity index (χ3v) is 3.76. The van der Waals surface area contributed by atoms with E-state index < -0.39 is 17.4 Å². The van der Waals surface area contributed by atoms with Gasteiger partial charge in [0.15, 0.2) is 0 Å². The zero-order chi connectivity index (χ0) is 13.1. The van der Waals surface area contributed by atoms with Crippen molar-refractivity contribution in [2.24, 2.45) is 11.3 Å². The van der Waals surface area contributed by atoms with Crippen molar-refractivity contribution in [2.45, 2.75) is 39.7 Å². The monoisotopic (exact) mass is 242 g/mol. The van der Waals surface area contributed by atoms with Crippen LogP contribution in [-0.2, 0) is 9.59 Å². The van der Waals surface area contributed by atoms with Crippen molar-refractivity contribution < 1.29 is 14.7 Å². The van der Waals surface area contributed by atoms with Gasteiger partial charge >= 0.3 is 5.97 Å². The summed E-state index contributed by atoms with van der Waals surface area (Å²) in [5.74, 6) is -0.902. The van der Waals surface area contributed by atoms with Gasteiger partial charge in [-0.25, -0.2) is 4.79 Å². The molecule has 1 aliphatic heterocycles. The van der Waals surface area contributed by atoms with Crippen molar-refractivity contribution in [1.82, 2.24) is 10.6 Å². The standard InChI is InChI=1S/C12H22N2O3/c1-4-9(10(15)16)14-11(17)12(8(2)3)5-6-13-7-12/h8-9,13H,4-7H2,1-3H3,(H,14,17)(H,15,16)/t9-,12?/m0/s1. The van der Waals surface area contributed by atoms with E-state index in [4.69, 9.17) is 5.11 Å². The van der Waals surface area contributed by atoms with Crippen LogP contribution >= 0.6 is 0 Å². The lowest BCUT2D eigenvalue weighted by Crippen LogP contribution is -2.51. The Balaban J connectivity index is 2.76. The summed E-state index contributed by atoms with van der Waals surface area (Å²) >= 11 is 0. The minimum absolute atomic E-state index is 0.133. The molecule has 1 amide bonds. The van der Waals surface area contributed by atoms with Gasteiger partial charge in [0.05, 0.1) is 5.41 Å². The third kappa shape index (κ3) is 2.77. The molecule has 1 aliphatic rings. The van der Waals surface area contributed by atoms with E-state index in [2.05, 4.69) is 10.6 Å². The first kappa shape index (κ1) is 14.0. The molecule has 1 unspecified atom stereocenters. The fourth-order valence-electron chi connectivity index (χ4n) is 2.30. The van der Waals surface area contributed by atoms with Gasteiger partial charge in [-0.3, -0.25) is 4.79 Å². The molecule has 17 heavy (non-hydrogen) atoms. The molecule has 5 heteroatoms. The molecule has 5 nitrogen and oxygen atoms in total. The quantitative estimate of drug-likeness (QED) is 0.659. The Morgan fingerprint density at radius 1 is 1.47 bits per heavy atom. The van der Waals surface area contributed by atoms with Gasteiger partial charge in [0, 0.05) is 6.54 Å². The Kier molecular flexibility index (Phi) is 4.51. The lowest BCUT2D eigenvalue weighted by Gasteiger charge is -2.32. The van der Waals surface area contributed by atoms with Gasteiger partial charge in [0.25, 0.3) is 0 Å². The van der Waals surface area contributed by atoms with Crippen LogP contribution in [0.25, 0.3) is 0 Å². The van der Waals surface area contributed by atoms with Crippen molar-refractivity contribution in [3.63, 3.8) is 0 Å². The summed E-state index contributed by atoms with van der Waals surface area (Å²) in [6, 6.07) is -0.779. The van der Waals surface area contributed by atoms with Crippen LogP contribution in [0.5, 0.6) is 0 Å². The van der Waals surface area contributed by atoms with Crippen LogP contribution in [-0.4, -0.2) is 36.1 Å². The molecule has 2 atom stereocenters. The molecule has 0 aliphatic carbocycles. The Labute approximate surface area is 102 Å². The van der Waals surface area contributed by atoms with Gasteiger partial charge in [-0.05, 0) is 25.3 Å². The van der Waals surface area contributed by atoms with Crippen LogP contribution in [0.15, 0.2) is 0 Å². The number of carbonyl (C=O) groups excluding carboxylic acids is 1. The molecule has 1 rings (SSSR count). The van der Waals surface area contributed by atoms with Gasteiger partial charge < -0.3 is 15.7 Å². The average molecular weight is 242 g/mol. The summed E-state index contributed by atoms with van der Waals surface area (Å²) in [4.78, 5) is 23.2. The maximum Gasteiger partial charge on any atom is 0.326 e. The van der Waals surface area contributed by atoms with Crippen molar-refractivity contribution in [1.29, 1.82) is 0 Å². The van der Waals surface area contributed by atoms with E-state index in [1.807, 2.05) is 13.8 Å². The molecular weight excluding hydrogens is 220 g/mol. The number of rotatable bonds is 5. The minimum atomic E-state index is -0.967. The van der Waals surface area contributed by atoms with Gasteiger partial charge in [0.1, 0.15) is 6.04 Å². The molecular formula is C12H22N2O3. The number of carboxylic acid groups (broad SMARTS) is 1. The third-order valence-electron chi connectivity index (χ3n) is 3.76. The number of carbonyl (C=O) groups is 2. The van der Waals surface area contributed by atoms with Crippen LogP contribution < -0.4 is 10.6 Å². The van der Waals surface area contributed by atoms with Gasteiger partial charge in [-0.2, -0.15) is 0 Å². The lowest BCUT2D eigenvalue weighted by atomic mass is 9.75. The van der Waals surface area contributed by atoms with E-state index in [1.165, 1.54) is 0 Å². The molecule has 1 saturated heterocycles. The molecule has 98 valence electrons. The van der Waals surface area contributed by atoms with Crippen LogP contribution in [0.3, 0.4) is 0 Å². The van der Waals surface area contributed by atoms with E-state index in [1.54, 1.807) is 6.92 Å². The Morgan fingerprint density at radius 3 is 2.47 bits per heavy atom. The molecule has 1 heterocycles. The number of amides is 1. The zero-order valence-electron chi connectivity index (χ0n) is 10.7. The Bertz CT molecular complexity index is 296. The van der Waals surface area contributed by atoms with Crippen LogP contribution in [0.1, 0.15) is 33.6 Å². The van der Waals surface area contributed by atoms with Crippen molar-refractivity contribution in [3.8, 4) is 0 Å². The molecule has 3 N–H and O–H groups in total. The highest BCUT2D eigenvalue weighted by Crippen LogP contribution is 2.34. The highest BCUT2D eigenvalue weighted by atomic mass is 16.4. The zero-order valence-corrected chi connectivity index (χ0v) is 10.7. The number of hydrogen-bond donors (Lipinski definition) is 3. The molecule has 0 aromatic carbocycles. The van der Waals surface area contributed by atoms with Crippen molar-refractivity contribution in [2.75, 3.05) is 13.1 Å². The Hall–Kier alpha value is -1.10. The smallest absolute Gasteiger partial charge is 0.326 e. The maximum atomic E-state index is 12.3. The molecule has 0 aromatic heterocycles. The van der Waals surface area contributed by atoms with Crippen LogP contribution in [0.4, 0.5) is 0 Å². The first-order valence-electron chi connectivity index (χ1n) is 6.18. The van der Waals surface area contributed by atoms with Crippen molar-refractivity contribution in [3.05, 3.63) is 0 Å². The van der Waals surface area contributed by atoms with Gasteiger partial charge in [-0.1, -0.05) is 20.8 Å². The van der Waals surface area contributed by atoms with Gasteiger partial charge in [0.2, 0.25) is 5.91 Å². The average Bonchev–Trinajstić information content (AvgIpc) is 2.75. The maximum absolute atomic E-state index is 12.3. The summed E-state index contributed by atoms with van der Waals surface area (Å²) in [7, 11) is 0. The normalized spacial score (nSPS) is 25.9. The topological polar surface area (TPSA) is 78.4 Å². The number of nitrogens with one attached hydrogen (secondary N) is 2. The van der Waals surface area contributed by atoms with E-state index in [0.717, 1.165) is 13.0 Å². The fourth-order valence-corrected chi connectivity index (χ4v) is 2.30. The second kappa shape index (κ2) is 5.49. The molecule has 0 bridgehead atoms. The summed E-state index contributed by atoms with van der Waals surface area (Å²) in [6.07, 6.45) is 1.18. The fraction of sp³-hybridized carbons (Fsp3) is 0.833. The first-order chi connectivity index (χ1) is 7.94. The predicted molar refractivity (Wildman–Crippen MR) is 64.6 cm³/mol. The molecule has 1 fully saturated rings. The molecule has 0 aromatic rings. The van der Waals surface area contributed by atoms with E-state index in [-0.39, 0.29) is 11.8 Å². The number of hydrogen-bond acceptors (Lipinski definition) is 3. The van der Waals surface area contributed by atoms with Crippen LogP contribution in [0, 0.1) is 11.3 Å². The summed E-state index contributed by atoms with van der Waals surface area (Å²) in [5.41, 5.74) is -0.455. The van der Waals surface area contributed by atoms with E-state index in [0.29, 0.717) is 13.0 Å². The van der Waals surface area contributed by atoms with Crippen LogP contribution in [0.2, 0.25) is 0 Å². The first-order valence-corrected chi connectivity index (χ1v) is 6.18. The summed E-state index contributed by atoms with van der Waals surface area (Å²) in [6.45, 7) is 7.22. The second-order valence-electron chi connectivity index (χ2n) is 5.01. The largest absolute Gasteiger partial charge is 0.480 e. The summed E-state index contributed by atoms with van der Waals surface area (Å²) in [5, 5.41) is 14.8. The SMILES string of the molecule is CC[C@H](NC(=O)C1(C(C)C)CCNC1)C(=O)O. The molecule has 0 saturated carbocycles. The minimum Gasteiger partial charge on any atom is -0.480 e. The highest BCUT2D eigenvalue weighted by Gasteiger charge is 2.44. The Morgan fingerprint density at radius 2 is 2.12 bits per heavy atom. The van der Waals surface area contributed by atoms with E-state index >= 15 is 0 Å². The summed E-state index contributed by atoms with van der Waals surface area (Å²) < 4.78 is 0. The lowest BCUT2D eigenvalue weighted by molar-refractivity contribution is -0.144. The second-order valence-corrected chi connectivity index (χ2v) is 5.01. The highest BCUT2D eigenvalue weighted by molar-refractivity contribution is 5.88. The number of carboxylic acids is 1.